The van der Waals surface area contributed by atoms with Gasteiger partial charge in [0.25, 0.3) is 5.91 Å². The molecule has 132 valence electrons. The zero-order valence-electron chi connectivity index (χ0n) is 14.6. The number of hydrazine groups is 1. The molecule has 2 N–H and O–H groups in total. The number of ether oxygens (including phenoxy) is 1. The summed E-state index contributed by atoms with van der Waals surface area (Å²) in [6, 6.07) is 17.3. The van der Waals surface area contributed by atoms with Crippen molar-refractivity contribution in [3.8, 4) is 16.9 Å². The highest BCUT2D eigenvalue weighted by Gasteiger charge is 2.09. The van der Waals surface area contributed by atoms with E-state index in [0.29, 0.717) is 18.1 Å². The van der Waals surface area contributed by atoms with Gasteiger partial charge >= 0.3 is 0 Å². The van der Waals surface area contributed by atoms with Crippen LogP contribution in [0.15, 0.2) is 54.6 Å². The minimum atomic E-state index is -0.402. The first kappa shape index (κ1) is 18.5. The molecule has 2 aromatic rings. The van der Waals surface area contributed by atoms with Crippen LogP contribution in [0.25, 0.3) is 11.1 Å². The third kappa shape index (κ3) is 6.30. The fourth-order valence-electron chi connectivity index (χ4n) is 2.25. The second-order valence-corrected chi connectivity index (χ2v) is 6.18. The molecule has 2 rings (SSSR count). The summed E-state index contributed by atoms with van der Waals surface area (Å²) in [4.78, 5) is 23.5. The van der Waals surface area contributed by atoms with E-state index in [0.717, 1.165) is 17.5 Å². The normalized spacial score (nSPS) is 10.4. The average Bonchev–Trinajstić information content (AvgIpc) is 2.64. The Labute approximate surface area is 148 Å². The highest BCUT2D eigenvalue weighted by atomic mass is 16.5. The Morgan fingerprint density at radius 3 is 2.28 bits per heavy atom. The molecule has 5 nitrogen and oxygen atoms in total. The van der Waals surface area contributed by atoms with Gasteiger partial charge in [-0.3, -0.25) is 20.4 Å². The third-order valence-corrected chi connectivity index (χ3v) is 3.62. The van der Waals surface area contributed by atoms with Gasteiger partial charge in [0.05, 0.1) is 0 Å². The first-order valence-electron chi connectivity index (χ1n) is 8.41. The lowest BCUT2D eigenvalue weighted by Crippen LogP contribution is -2.43. The SMILES string of the molecule is CC(C)CCC(=O)NNC(=O)COc1ccccc1-c1ccccc1. The van der Waals surface area contributed by atoms with Crippen molar-refractivity contribution in [1.29, 1.82) is 0 Å². The fourth-order valence-corrected chi connectivity index (χ4v) is 2.25. The van der Waals surface area contributed by atoms with E-state index in [-0.39, 0.29) is 12.5 Å². The Kier molecular flexibility index (Phi) is 7.01. The van der Waals surface area contributed by atoms with Gasteiger partial charge in [-0.05, 0) is 24.0 Å². The van der Waals surface area contributed by atoms with Gasteiger partial charge in [0.2, 0.25) is 5.91 Å². The quantitative estimate of drug-likeness (QED) is 0.760. The lowest BCUT2D eigenvalue weighted by molar-refractivity contribution is -0.130. The van der Waals surface area contributed by atoms with Crippen LogP contribution in [-0.4, -0.2) is 18.4 Å². The van der Waals surface area contributed by atoms with Crippen LogP contribution in [0, 0.1) is 5.92 Å². The van der Waals surface area contributed by atoms with E-state index in [9.17, 15) is 9.59 Å². The van der Waals surface area contributed by atoms with Crippen LogP contribution in [0.1, 0.15) is 26.7 Å². The molecule has 0 saturated carbocycles. The van der Waals surface area contributed by atoms with E-state index >= 15 is 0 Å². The average molecular weight is 340 g/mol. The highest BCUT2D eigenvalue weighted by molar-refractivity contribution is 5.83. The number of carbonyl (C=O) groups is 2. The van der Waals surface area contributed by atoms with Crippen molar-refractivity contribution in [1.82, 2.24) is 10.9 Å². The number of benzene rings is 2. The second kappa shape index (κ2) is 9.47. The molecule has 5 heteroatoms. The minimum Gasteiger partial charge on any atom is -0.483 e. The van der Waals surface area contributed by atoms with Gasteiger partial charge in [-0.25, -0.2) is 0 Å². The van der Waals surface area contributed by atoms with Gasteiger partial charge in [-0.1, -0.05) is 62.4 Å². The van der Waals surface area contributed by atoms with Crippen molar-refractivity contribution in [2.75, 3.05) is 6.61 Å². The molecule has 0 spiro atoms. The highest BCUT2D eigenvalue weighted by Crippen LogP contribution is 2.29. The van der Waals surface area contributed by atoms with E-state index in [2.05, 4.69) is 10.9 Å². The molecule has 0 heterocycles. The third-order valence-electron chi connectivity index (χ3n) is 3.62. The Hall–Kier alpha value is -2.82. The molecule has 0 atom stereocenters. The van der Waals surface area contributed by atoms with Crippen molar-refractivity contribution >= 4 is 11.8 Å². The summed E-state index contributed by atoms with van der Waals surface area (Å²) in [5, 5.41) is 0. The molecule has 25 heavy (non-hydrogen) atoms. The lowest BCUT2D eigenvalue weighted by Gasteiger charge is -2.12. The van der Waals surface area contributed by atoms with Crippen molar-refractivity contribution in [2.45, 2.75) is 26.7 Å². The van der Waals surface area contributed by atoms with Crippen molar-refractivity contribution in [3.63, 3.8) is 0 Å². The molecule has 0 saturated heterocycles. The zero-order valence-corrected chi connectivity index (χ0v) is 14.6. The second-order valence-electron chi connectivity index (χ2n) is 6.18. The van der Waals surface area contributed by atoms with Crippen LogP contribution in [0.2, 0.25) is 0 Å². The molecule has 0 aromatic heterocycles. The van der Waals surface area contributed by atoms with Gasteiger partial charge in [-0.15, -0.1) is 0 Å². The Morgan fingerprint density at radius 1 is 0.920 bits per heavy atom. The van der Waals surface area contributed by atoms with E-state index in [4.69, 9.17) is 4.74 Å². The number of nitrogens with one attached hydrogen (secondary N) is 2. The van der Waals surface area contributed by atoms with Crippen LogP contribution in [0.3, 0.4) is 0 Å². The van der Waals surface area contributed by atoms with Crippen LogP contribution >= 0.6 is 0 Å². The van der Waals surface area contributed by atoms with Crippen LogP contribution in [0.4, 0.5) is 0 Å². The molecule has 0 aliphatic carbocycles. The summed E-state index contributed by atoms with van der Waals surface area (Å²) in [6.45, 7) is 3.92. The summed E-state index contributed by atoms with van der Waals surface area (Å²) in [6.07, 6.45) is 1.16. The summed E-state index contributed by atoms with van der Waals surface area (Å²) in [5.74, 6) is 0.460. The molecule has 2 amide bonds. The molecule has 0 fully saturated rings. The van der Waals surface area contributed by atoms with E-state index in [1.165, 1.54) is 0 Å². The summed E-state index contributed by atoms with van der Waals surface area (Å²) < 4.78 is 5.62. The molecule has 0 radical (unpaired) electrons. The largest absolute Gasteiger partial charge is 0.483 e. The van der Waals surface area contributed by atoms with Crippen molar-refractivity contribution in [2.24, 2.45) is 5.92 Å². The summed E-state index contributed by atoms with van der Waals surface area (Å²) in [7, 11) is 0. The Morgan fingerprint density at radius 2 is 1.56 bits per heavy atom. The van der Waals surface area contributed by atoms with Gasteiger partial charge in [0, 0.05) is 12.0 Å². The van der Waals surface area contributed by atoms with Crippen LogP contribution in [-0.2, 0) is 9.59 Å². The molecule has 0 unspecified atom stereocenters. The Bertz CT molecular complexity index is 699. The number of amides is 2. The maximum absolute atomic E-state index is 11.9. The van der Waals surface area contributed by atoms with Crippen molar-refractivity contribution in [3.05, 3.63) is 54.6 Å². The standard InChI is InChI=1S/C20H24N2O3/c1-15(2)12-13-19(23)21-22-20(24)14-25-18-11-7-6-10-17(18)16-8-4-3-5-9-16/h3-11,15H,12-14H2,1-2H3,(H,21,23)(H,22,24). The summed E-state index contributed by atoms with van der Waals surface area (Å²) in [5.41, 5.74) is 6.70. The molecular weight excluding hydrogens is 316 g/mol. The smallest absolute Gasteiger partial charge is 0.276 e. The van der Waals surface area contributed by atoms with Gasteiger partial charge < -0.3 is 4.74 Å². The Balaban J connectivity index is 1.85. The number of hydrogen-bond donors (Lipinski definition) is 2. The van der Waals surface area contributed by atoms with Gasteiger partial charge in [0.15, 0.2) is 6.61 Å². The zero-order chi connectivity index (χ0) is 18.1. The molecule has 0 aliphatic rings. The monoisotopic (exact) mass is 340 g/mol. The predicted molar refractivity (Wildman–Crippen MR) is 97.7 cm³/mol. The molecular formula is C20H24N2O3. The summed E-state index contributed by atoms with van der Waals surface area (Å²) >= 11 is 0. The van der Waals surface area contributed by atoms with Gasteiger partial charge in [-0.2, -0.15) is 0 Å². The molecule has 0 aliphatic heterocycles. The lowest BCUT2D eigenvalue weighted by atomic mass is 10.1. The van der Waals surface area contributed by atoms with Crippen LogP contribution < -0.4 is 15.6 Å². The molecule has 0 bridgehead atoms. The van der Waals surface area contributed by atoms with Crippen LogP contribution in [0.5, 0.6) is 5.75 Å². The maximum atomic E-state index is 11.9. The first-order chi connectivity index (χ1) is 12.1. The number of hydrogen-bond acceptors (Lipinski definition) is 3. The van der Waals surface area contributed by atoms with E-state index < -0.39 is 5.91 Å². The number of para-hydroxylation sites is 1. The predicted octanol–water partition coefficient (Wildman–Crippen LogP) is 3.32. The maximum Gasteiger partial charge on any atom is 0.276 e. The molecule has 2 aromatic carbocycles. The number of carbonyl (C=O) groups excluding carboxylic acids is 2. The topological polar surface area (TPSA) is 67.4 Å². The van der Waals surface area contributed by atoms with Gasteiger partial charge in [0.1, 0.15) is 5.75 Å². The first-order valence-corrected chi connectivity index (χ1v) is 8.41. The van der Waals surface area contributed by atoms with E-state index in [1.807, 2.05) is 68.4 Å². The fraction of sp³-hybridized carbons (Fsp3) is 0.300. The van der Waals surface area contributed by atoms with E-state index in [1.54, 1.807) is 0 Å². The number of rotatable bonds is 7. The van der Waals surface area contributed by atoms with Crippen molar-refractivity contribution < 1.29 is 14.3 Å². The minimum absolute atomic E-state index is 0.172.